The third-order valence-corrected chi connectivity index (χ3v) is 12.7. The van der Waals surface area contributed by atoms with E-state index in [2.05, 4.69) is 30.2 Å². The third-order valence-electron chi connectivity index (χ3n) is 12.7. The van der Waals surface area contributed by atoms with Gasteiger partial charge in [-0.3, -0.25) is 9.80 Å². The fourth-order valence-electron chi connectivity index (χ4n) is 9.55. The van der Waals surface area contributed by atoms with Crippen molar-refractivity contribution in [3.05, 3.63) is 0 Å². The lowest BCUT2D eigenvalue weighted by Crippen LogP contribution is -2.58. The molecule has 6 rings (SSSR count). The number of aliphatic imine (C=N–C) groups is 2. The number of guanidine groups is 2. The normalized spacial score (nSPS) is 23.6. The number of nitrogens with zero attached hydrogens (tertiary/aromatic N) is 6. The molecule has 0 aromatic heterocycles. The summed E-state index contributed by atoms with van der Waals surface area (Å²) in [7, 11) is 0. The molecule has 0 aromatic carbocycles. The van der Waals surface area contributed by atoms with Gasteiger partial charge in [-0.15, -0.1) is 0 Å². The second-order valence-electron chi connectivity index (χ2n) is 16.8. The van der Waals surface area contributed by atoms with Crippen molar-refractivity contribution < 1.29 is 19.1 Å². The molecular formula is C42H74N8O4. The van der Waals surface area contributed by atoms with Crippen molar-refractivity contribution in [3.63, 3.8) is 0 Å². The fourth-order valence-corrected chi connectivity index (χ4v) is 9.55. The molecule has 0 atom stereocenters. The SMILES string of the molecule is O=C(NCCCCCCNC(=O)N(/C(=N/C1CCCCC1)N1CCOCC1)C1CCCCC1)N(/C(=N/C1CCCCC1)N1CCOCC1)C1CCCCC1. The first kappa shape index (κ1) is 41.0. The summed E-state index contributed by atoms with van der Waals surface area (Å²) in [6.45, 7) is 7.22. The van der Waals surface area contributed by atoms with Crippen LogP contribution in [0.15, 0.2) is 9.98 Å². The number of urea groups is 2. The van der Waals surface area contributed by atoms with E-state index in [1.54, 1.807) is 0 Å². The van der Waals surface area contributed by atoms with Crippen LogP contribution in [0.3, 0.4) is 0 Å². The van der Waals surface area contributed by atoms with Gasteiger partial charge < -0.3 is 29.9 Å². The van der Waals surface area contributed by atoms with Crippen molar-refractivity contribution in [2.24, 2.45) is 9.98 Å². The van der Waals surface area contributed by atoms with Crippen molar-refractivity contribution in [2.75, 3.05) is 65.7 Å². The summed E-state index contributed by atoms with van der Waals surface area (Å²) in [5.41, 5.74) is 0. The Balaban J connectivity index is 0.999. The summed E-state index contributed by atoms with van der Waals surface area (Å²) >= 11 is 0. The second kappa shape index (κ2) is 22.8. The number of unbranched alkanes of at least 4 members (excludes halogenated alkanes) is 3. The Morgan fingerprint density at radius 1 is 0.481 bits per heavy atom. The number of hydrogen-bond donors (Lipinski definition) is 2. The van der Waals surface area contributed by atoms with Crippen molar-refractivity contribution in [1.82, 2.24) is 30.2 Å². The number of amides is 4. The molecule has 2 N–H and O–H groups in total. The number of nitrogens with one attached hydrogen (secondary N) is 2. The maximum absolute atomic E-state index is 14.1. The van der Waals surface area contributed by atoms with Crippen LogP contribution in [-0.4, -0.2) is 133 Å². The van der Waals surface area contributed by atoms with Gasteiger partial charge in [0, 0.05) is 51.4 Å². The van der Waals surface area contributed by atoms with Gasteiger partial charge in [-0.05, 0) is 64.2 Å². The highest BCUT2D eigenvalue weighted by molar-refractivity contribution is 5.97. The zero-order chi connectivity index (χ0) is 37.2. The van der Waals surface area contributed by atoms with Gasteiger partial charge in [-0.1, -0.05) is 89.9 Å². The zero-order valence-corrected chi connectivity index (χ0v) is 33.7. The molecule has 306 valence electrons. The lowest BCUT2D eigenvalue weighted by atomic mass is 9.94. The van der Waals surface area contributed by atoms with E-state index in [0.29, 0.717) is 51.6 Å². The summed E-state index contributed by atoms with van der Waals surface area (Å²) < 4.78 is 11.4. The van der Waals surface area contributed by atoms with Gasteiger partial charge in [0.15, 0.2) is 0 Å². The lowest BCUT2D eigenvalue weighted by Gasteiger charge is -2.41. The Labute approximate surface area is 326 Å². The van der Waals surface area contributed by atoms with Crippen LogP contribution in [-0.2, 0) is 9.47 Å². The minimum atomic E-state index is 0.0176. The average Bonchev–Trinajstić information content (AvgIpc) is 3.23. The van der Waals surface area contributed by atoms with E-state index in [9.17, 15) is 9.59 Å². The molecule has 4 saturated carbocycles. The van der Waals surface area contributed by atoms with Crippen LogP contribution in [0, 0.1) is 0 Å². The molecule has 2 heterocycles. The number of morpholine rings is 2. The van der Waals surface area contributed by atoms with Gasteiger partial charge in [-0.2, -0.15) is 0 Å². The highest BCUT2D eigenvalue weighted by Crippen LogP contribution is 2.28. The van der Waals surface area contributed by atoms with E-state index in [4.69, 9.17) is 19.5 Å². The number of carbonyl (C=O) groups excluding carboxylic acids is 2. The summed E-state index contributed by atoms with van der Waals surface area (Å²) in [4.78, 5) is 47.6. The first-order valence-corrected chi connectivity index (χ1v) is 22.6. The standard InChI is InChI=1S/C42H74N8O4/c51-41(49(37-21-11-5-12-22-37)39(47-27-31-53-32-28-47)45-35-17-7-3-8-18-35)43-25-15-1-2-16-26-44-42(52)50(38-23-13-6-14-24-38)40(48-29-33-54-34-30-48)46-36-19-9-4-10-20-36/h35-38H,1-34H2,(H,43,51)(H,44,52)/b45-39+,46-40+. The third kappa shape index (κ3) is 12.5. The molecule has 2 aliphatic heterocycles. The number of ether oxygens (including phenoxy) is 2. The van der Waals surface area contributed by atoms with Gasteiger partial charge in [0.05, 0.1) is 38.5 Å². The predicted octanol–water partition coefficient (Wildman–Crippen LogP) is 7.28. The van der Waals surface area contributed by atoms with Gasteiger partial charge in [0.1, 0.15) is 0 Å². The highest BCUT2D eigenvalue weighted by Gasteiger charge is 2.35. The minimum Gasteiger partial charge on any atom is -0.378 e. The Hall–Kier alpha value is -2.60. The first-order valence-electron chi connectivity index (χ1n) is 22.6. The summed E-state index contributed by atoms with van der Waals surface area (Å²) in [6.07, 6.45) is 27.2. The Bertz CT molecular complexity index is 1070. The van der Waals surface area contributed by atoms with Gasteiger partial charge in [0.2, 0.25) is 11.9 Å². The molecule has 4 amide bonds. The predicted molar refractivity (Wildman–Crippen MR) is 216 cm³/mol. The lowest BCUT2D eigenvalue weighted by molar-refractivity contribution is 0.0605. The van der Waals surface area contributed by atoms with Crippen molar-refractivity contribution in [3.8, 4) is 0 Å². The number of rotatable bonds is 11. The molecule has 0 unspecified atom stereocenters. The van der Waals surface area contributed by atoms with Crippen LogP contribution in [0.4, 0.5) is 9.59 Å². The van der Waals surface area contributed by atoms with Gasteiger partial charge >= 0.3 is 12.1 Å². The van der Waals surface area contributed by atoms with E-state index in [0.717, 1.165) is 115 Å². The molecule has 0 bridgehead atoms. The van der Waals surface area contributed by atoms with E-state index in [1.807, 2.05) is 0 Å². The maximum Gasteiger partial charge on any atom is 0.324 e. The summed E-state index contributed by atoms with van der Waals surface area (Å²) in [6, 6.07) is 1.06. The molecule has 0 aromatic rings. The van der Waals surface area contributed by atoms with E-state index in [-0.39, 0.29) is 24.1 Å². The van der Waals surface area contributed by atoms with Crippen LogP contribution in [0.5, 0.6) is 0 Å². The summed E-state index contributed by atoms with van der Waals surface area (Å²) in [5, 5.41) is 6.64. The molecule has 0 spiro atoms. The molecule has 6 aliphatic rings. The van der Waals surface area contributed by atoms with Crippen molar-refractivity contribution >= 4 is 24.0 Å². The van der Waals surface area contributed by atoms with Crippen molar-refractivity contribution in [2.45, 2.75) is 178 Å². The van der Waals surface area contributed by atoms with Crippen LogP contribution >= 0.6 is 0 Å². The molecule has 0 radical (unpaired) electrons. The van der Waals surface area contributed by atoms with Crippen molar-refractivity contribution in [1.29, 1.82) is 0 Å². The monoisotopic (exact) mass is 755 g/mol. The summed E-state index contributed by atoms with van der Waals surface area (Å²) in [5.74, 6) is 1.79. The molecule has 2 saturated heterocycles. The zero-order valence-electron chi connectivity index (χ0n) is 33.7. The van der Waals surface area contributed by atoms with Crippen LogP contribution in [0.1, 0.15) is 154 Å². The molecule has 12 heteroatoms. The number of carbonyl (C=O) groups is 2. The van der Waals surface area contributed by atoms with E-state index in [1.165, 1.54) is 77.0 Å². The topological polar surface area (TPSA) is 114 Å². The number of hydrogen-bond acceptors (Lipinski definition) is 6. The minimum absolute atomic E-state index is 0.0176. The molecule has 12 nitrogen and oxygen atoms in total. The second-order valence-corrected chi connectivity index (χ2v) is 16.8. The maximum atomic E-state index is 14.1. The van der Waals surface area contributed by atoms with Crippen LogP contribution in [0.2, 0.25) is 0 Å². The largest absolute Gasteiger partial charge is 0.378 e. The average molecular weight is 755 g/mol. The van der Waals surface area contributed by atoms with E-state index < -0.39 is 0 Å². The fraction of sp³-hybridized carbons (Fsp3) is 0.905. The molecule has 54 heavy (non-hydrogen) atoms. The van der Waals surface area contributed by atoms with E-state index >= 15 is 0 Å². The van der Waals surface area contributed by atoms with Crippen LogP contribution in [0.25, 0.3) is 0 Å². The Morgan fingerprint density at radius 3 is 1.17 bits per heavy atom. The molecular weight excluding hydrogens is 681 g/mol. The Morgan fingerprint density at radius 2 is 0.815 bits per heavy atom. The Kier molecular flexibility index (Phi) is 17.4. The quantitative estimate of drug-likeness (QED) is 0.130. The van der Waals surface area contributed by atoms with Crippen LogP contribution < -0.4 is 10.6 Å². The highest BCUT2D eigenvalue weighted by atomic mass is 16.5. The smallest absolute Gasteiger partial charge is 0.324 e. The van der Waals surface area contributed by atoms with Gasteiger partial charge in [0.25, 0.3) is 0 Å². The molecule has 4 aliphatic carbocycles. The van der Waals surface area contributed by atoms with Gasteiger partial charge in [-0.25, -0.2) is 19.6 Å². The molecule has 6 fully saturated rings. The first-order chi connectivity index (χ1) is 26.7.